The highest BCUT2D eigenvalue weighted by Gasteiger charge is 2.37. The van der Waals surface area contributed by atoms with Gasteiger partial charge in [0.1, 0.15) is 11.6 Å². The van der Waals surface area contributed by atoms with E-state index in [1.165, 1.54) is 18.2 Å². The molecule has 4 rings (SSSR count). The fourth-order valence-corrected chi connectivity index (χ4v) is 6.39. The van der Waals surface area contributed by atoms with Crippen molar-refractivity contribution >= 4 is 63.1 Å². The molecule has 0 aliphatic carbocycles. The van der Waals surface area contributed by atoms with Crippen LogP contribution < -0.4 is 15.4 Å². The number of aromatic nitrogens is 2. The van der Waals surface area contributed by atoms with Crippen molar-refractivity contribution in [3.05, 3.63) is 59.0 Å². The molecule has 0 bridgehead atoms. The van der Waals surface area contributed by atoms with E-state index in [0.29, 0.717) is 22.0 Å². The maximum Gasteiger partial charge on any atom is 0.418 e. The molecule has 2 heterocycles. The van der Waals surface area contributed by atoms with E-state index in [1.54, 1.807) is 13.0 Å². The summed E-state index contributed by atoms with van der Waals surface area (Å²) in [5.41, 5.74) is -0.244. The van der Waals surface area contributed by atoms with Gasteiger partial charge in [-0.3, -0.25) is 4.79 Å². The first kappa shape index (κ1) is 30.9. The van der Waals surface area contributed by atoms with Crippen LogP contribution in [-0.2, 0) is 10.6 Å². The third-order valence-corrected chi connectivity index (χ3v) is 13.2. The number of hydrogen-bond acceptors (Lipinski definition) is 8. The molecule has 0 saturated carbocycles. The van der Waals surface area contributed by atoms with Crippen LogP contribution in [0.4, 0.5) is 33.4 Å². The summed E-state index contributed by atoms with van der Waals surface area (Å²) in [6.45, 7) is 12.8. The largest absolute Gasteiger partial charge is 0.488 e. The molecule has 4 aromatic rings. The van der Waals surface area contributed by atoms with Crippen LogP contribution in [0.1, 0.15) is 42.4 Å². The van der Waals surface area contributed by atoms with Crippen LogP contribution in [0.2, 0.25) is 18.1 Å². The summed E-state index contributed by atoms with van der Waals surface area (Å²) in [5, 5.41) is 6.11. The quantitative estimate of drug-likeness (QED) is 0.110. The third kappa shape index (κ3) is 7.05. The Morgan fingerprint density at radius 2 is 1.83 bits per heavy atom. The molecule has 14 heteroatoms. The summed E-state index contributed by atoms with van der Waals surface area (Å²) in [6, 6.07) is 7.92. The average molecular weight is 627 g/mol. The van der Waals surface area contributed by atoms with Crippen LogP contribution in [0.5, 0.6) is 5.75 Å². The second-order valence-corrected chi connectivity index (χ2v) is 17.4. The highest BCUT2D eigenvalue weighted by molar-refractivity contribution is 7.22. The number of para-hydroxylation sites is 1. The van der Waals surface area contributed by atoms with Gasteiger partial charge in [0.25, 0.3) is 5.91 Å². The van der Waals surface area contributed by atoms with Gasteiger partial charge in [-0.2, -0.15) is 17.5 Å². The molecule has 0 spiro atoms. The number of hydrogen-bond donors (Lipinski definition) is 2. The van der Waals surface area contributed by atoms with Crippen molar-refractivity contribution < 1.29 is 31.5 Å². The Kier molecular flexibility index (Phi) is 8.78. The monoisotopic (exact) mass is 626 g/mol. The number of alkyl halides is 3. The smallest absolute Gasteiger partial charge is 0.418 e. The molecule has 0 fully saturated rings. The molecule has 2 N–H and O–H groups in total. The number of rotatable bonds is 9. The van der Waals surface area contributed by atoms with E-state index < -0.39 is 31.8 Å². The predicted molar refractivity (Wildman–Crippen MR) is 158 cm³/mol. The Balaban J connectivity index is 1.43. The van der Waals surface area contributed by atoms with Gasteiger partial charge in [-0.25, -0.2) is 9.37 Å². The number of nitrogens with zero attached hydrogens (tertiary/aromatic N) is 2. The number of thiazole rings is 1. The summed E-state index contributed by atoms with van der Waals surface area (Å²) in [6.07, 6.45) is -4.55. The molecular formula is C27H30F4N4O3S2Si. The lowest BCUT2D eigenvalue weighted by Gasteiger charge is -2.36. The van der Waals surface area contributed by atoms with Crippen LogP contribution in [0, 0.1) is 12.7 Å². The summed E-state index contributed by atoms with van der Waals surface area (Å²) in [7, 11) is -1.94. The molecule has 2 aromatic carbocycles. The normalized spacial score (nSPS) is 12.5. The summed E-state index contributed by atoms with van der Waals surface area (Å²) in [5.74, 6) is -1.18. The van der Waals surface area contributed by atoms with E-state index in [1.807, 2.05) is 0 Å². The highest BCUT2D eigenvalue weighted by atomic mass is 32.1. The number of halogens is 4. The average Bonchev–Trinajstić information content (AvgIpc) is 3.44. The standard InChI is InChI=1S/C27H30F4N4O3S2Si/c1-15-21(24(40-35-15)34-25-33-22-17(27(29,30)31)8-7-9-20(22)39-25)23(36)32-16-10-11-19(18(28)14-16)37-12-13-38-41(5,6)26(2,3)4/h7-11,14H,12-13H2,1-6H3,(H,32,36)(H,33,34). The van der Waals surface area contributed by atoms with Gasteiger partial charge in [-0.15, -0.1) is 0 Å². The highest BCUT2D eigenvalue weighted by Crippen LogP contribution is 2.39. The van der Waals surface area contributed by atoms with Crippen molar-refractivity contribution in [2.45, 2.75) is 52.0 Å². The van der Waals surface area contributed by atoms with Crippen molar-refractivity contribution in [3.63, 3.8) is 0 Å². The second-order valence-electron chi connectivity index (χ2n) is 10.8. The first-order chi connectivity index (χ1) is 19.1. The number of carbonyl (C=O) groups excluding carboxylic acids is 1. The summed E-state index contributed by atoms with van der Waals surface area (Å²) in [4.78, 5) is 17.2. The number of anilines is 3. The number of fused-ring (bicyclic) bond motifs is 1. The van der Waals surface area contributed by atoms with E-state index in [2.05, 4.69) is 53.9 Å². The predicted octanol–water partition coefficient (Wildman–Crippen LogP) is 8.62. The lowest BCUT2D eigenvalue weighted by Crippen LogP contribution is -2.41. The molecule has 0 unspecified atom stereocenters. The van der Waals surface area contributed by atoms with Crippen molar-refractivity contribution in [1.82, 2.24) is 9.36 Å². The van der Waals surface area contributed by atoms with Crippen LogP contribution >= 0.6 is 22.9 Å². The first-order valence-corrected chi connectivity index (χ1v) is 17.1. The SMILES string of the molecule is Cc1nsc(Nc2nc3c(C(F)(F)F)cccc3s2)c1C(=O)Nc1ccc(OCCO[Si](C)(C)C(C)(C)C)c(F)c1. The first-order valence-electron chi connectivity index (χ1n) is 12.6. The summed E-state index contributed by atoms with van der Waals surface area (Å²) >= 11 is 1.99. The van der Waals surface area contributed by atoms with Gasteiger partial charge in [0, 0.05) is 11.8 Å². The van der Waals surface area contributed by atoms with Gasteiger partial charge in [0.15, 0.2) is 25.0 Å². The Morgan fingerprint density at radius 3 is 2.49 bits per heavy atom. The second kappa shape index (κ2) is 11.7. The van der Waals surface area contributed by atoms with E-state index in [0.717, 1.165) is 35.0 Å². The van der Waals surface area contributed by atoms with Gasteiger partial charge in [0.2, 0.25) is 0 Å². The molecule has 0 aliphatic rings. The maximum absolute atomic E-state index is 14.7. The van der Waals surface area contributed by atoms with Crippen molar-refractivity contribution in [2.24, 2.45) is 0 Å². The Bertz CT molecular complexity index is 1560. The van der Waals surface area contributed by atoms with E-state index in [-0.39, 0.29) is 39.3 Å². The van der Waals surface area contributed by atoms with Gasteiger partial charge in [-0.05, 0) is 60.9 Å². The zero-order chi connectivity index (χ0) is 30.2. The van der Waals surface area contributed by atoms with E-state index in [4.69, 9.17) is 9.16 Å². The number of benzene rings is 2. The van der Waals surface area contributed by atoms with Gasteiger partial charge >= 0.3 is 6.18 Å². The lowest BCUT2D eigenvalue weighted by molar-refractivity contribution is -0.136. The third-order valence-electron chi connectivity index (χ3n) is 6.83. The Morgan fingerprint density at radius 1 is 1.10 bits per heavy atom. The Labute approximate surface area is 244 Å². The minimum atomic E-state index is -4.55. The van der Waals surface area contributed by atoms with Crippen LogP contribution in [-0.4, -0.2) is 36.8 Å². The molecule has 7 nitrogen and oxygen atoms in total. The molecule has 0 saturated heterocycles. The number of amides is 1. The van der Waals surface area contributed by atoms with Crippen molar-refractivity contribution in [3.8, 4) is 5.75 Å². The number of ether oxygens (including phenoxy) is 1. The lowest BCUT2D eigenvalue weighted by atomic mass is 10.2. The topological polar surface area (TPSA) is 85.4 Å². The van der Waals surface area contributed by atoms with Crippen LogP contribution in [0.15, 0.2) is 36.4 Å². The van der Waals surface area contributed by atoms with Crippen molar-refractivity contribution in [1.29, 1.82) is 0 Å². The van der Waals surface area contributed by atoms with Gasteiger partial charge in [-0.1, -0.05) is 38.2 Å². The molecule has 0 aliphatic heterocycles. The zero-order valence-corrected chi connectivity index (χ0v) is 26.0. The van der Waals surface area contributed by atoms with Gasteiger partial charge < -0.3 is 19.8 Å². The van der Waals surface area contributed by atoms with Crippen LogP contribution in [0.25, 0.3) is 10.2 Å². The number of aryl methyl sites for hydroxylation is 1. The summed E-state index contributed by atoms with van der Waals surface area (Å²) < 4.78 is 71.1. The van der Waals surface area contributed by atoms with E-state index >= 15 is 0 Å². The number of carbonyl (C=O) groups is 1. The van der Waals surface area contributed by atoms with Crippen LogP contribution in [0.3, 0.4) is 0 Å². The molecule has 0 atom stereocenters. The molecule has 220 valence electrons. The Hall–Kier alpha value is -3.07. The van der Waals surface area contributed by atoms with E-state index in [9.17, 15) is 22.4 Å². The van der Waals surface area contributed by atoms with Gasteiger partial charge in [0.05, 0.1) is 33.6 Å². The minimum Gasteiger partial charge on any atom is -0.488 e. The fourth-order valence-electron chi connectivity index (χ4n) is 3.60. The molecule has 41 heavy (non-hydrogen) atoms. The molecule has 2 aromatic heterocycles. The molecule has 0 radical (unpaired) electrons. The fraction of sp³-hybridized carbons (Fsp3) is 0.370. The minimum absolute atomic E-state index is 0.0339. The van der Waals surface area contributed by atoms with Crippen molar-refractivity contribution in [2.75, 3.05) is 23.8 Å². The maximum atomic E-state index is 14.7. The zero-order valence-electron chi connectivity index (χ0n) is 23.3. The molecular weight excluding hydrogens is 597 g/mol. The molecule has 1 amide bonds. The number of nitrogens with one attached hydrogen (secondary N) is 2.